The molecular weight excluding hydrogens is 508 g/mol. The molecule has 0 radical (unpaired) electrons. The van der Waals surface area contributed by atoms with E-state index in [1.807, 2.05) is 37.4 Å². The Kier molecular flexibility index (Phi) is 6.67. The molecule has 2 amide bonds. The van der Waals surface area contributed by atoms with Crippen molar-refractivity contribution in [3.8, 4) is 11.8 Å². The maximum absolute atomic E-state index is 13.0. The second-order valence-corrected chi connectivity index (χ2v) is 10.5. The second-order valence-electron chi connectivity index (χ2n) is 10.5. The number of carbonyl (C=O) groups excluding carboxylic acids is 2. The minimum atomic E-state index is -0.827. The van der Waals surface area contributed by atoms with Gasteiger partial charge < -0.3 is 25.2 Å². The van der Waals surface area contributed by atoms with Gasteiger partial charge in [0.1, 0.15) is 17.0 Å². The SMILES string of the molecule is Cc1cnc2nc1Nc1ccc(OCC(=O)N3CCN(C(=O)C4(C#N)CC4)CC3)c(c1)CCc1cncc(c1)N2. The molecule has 11 nitrogen and oxygen atoms in total. The summed E-state index contributed by atoms with van der Waals surface area (Å²) in [7, 11) is 0. The van der Waals surface area contributed by atoms with Crippen molar-refractivity contribution >= 4 is 35.0 Å². The summed E-state index contributed by atoms with van der Waals surface area (Å²) in [6.45, 7) is 3.59. The number of nitrogens with one attached hydrogen (secondary N) is 2. The molecule has 1 aromatic carbocycles. The molecule has 2 N–H and O–H groups in total. The van der Waals surface area contributed by atoms with Gasteiger partial charge in [-0.2, -0.15) is 10.2 Å². The summed E-state index contributed by atoms with van der Waals surface area (Å²) >= 11 is 0. The fourth-order valence-electron chi connectivity index (χ4n) is 5.05. The molecule has 1 aliphatic carbocycles. The fraction of sp³-hybridized carbons (Fsp3) is 0.379. The number of pyridine rings is 1. The smallest absolute Gasteiger partial charge is 0.260 e. The fourth-order valence-corrected chi connectivity index (χ4v) is 5.05. The van der Waals surface area contributed by atoms with E-state index in [2.05, 4.69) is 31.7 Å². The summed E-state index contributed by atoms with van der Waals surface area (Å²) in [5, 5.41) is 15.9. The molecule has 204 valence electrons. The van der Waals surface area contributed by atoms with Crippen LogP contribution in [0.4, 0.5) is 23.1 Å². The van der Waals surface area contributed by atoms with Gasteiger partial charge >= 0.3 is 0 Å². The molecule has 3 aliphatic rings. The molecule has 2 aliphatic heterocycles. The Morgan fingerprint density at radius 3 is 2.60 bits per heavy atom. The number of aromatic nitrogens is 3. The van der Waals surface area contributed by atoms with E-state index in [1.54, 1.807) is 22.2 Å². The third-order valence-corrected chi connectivity index (χ3v) is 7.67. The minimum absolute atomic E-state index is 0.0921. The highest BCUT2D eigenvalue weighted by Gasteiger charge is 2.52. The van der Waals surface area contributed by atoms with Crippen molar-refractivity contribution in [3.63, 3.8) is 0 Å². The zero-order chi connectivity index (χ0) is 27.7. The molecule has 1 saturated carbocycles. The molecule has 11 heteroatoms. The molecule has 3 aromatic rings. The molecule has 2 aromatic heterocycles. The van der Waals surface area contributed by atoms with E-state index in [-0.39, 0.29) is 18.4 Å². The summed E-state index contributed by atoms with van der Waals surface area (Å²) in [5.74, 6) is 1.59. The number of anilines is 4. The predicted molar refractivity (Wildman–Crippen MR) is 147 cm³/mol. The van der Waals surface area contributed by atoms with Crippen LogP contribution in [-0.2, 0) is 22.4 Å². The Morgan fingerprint density at radius 2 is 1.82 bits per heavy atom. The molecule has 1 saturated heterocycles. The number of nitriles is 1. The molecule has 0 atom stereocenters. The zero-order valence-corrected chi connectivity index (χ0v) is 22.3. The van der Waals surface area contributed by atoms with Crippen molar-refractivity contribution < 1.29 is 14.3 Å². The summed E-state index contributed by atoms with van der Waals surface area (Å²) < 4.78 is 6.06. The van der Waals surface area contributed by atoms with Gasteiger partial charge in [0.05, 0.1) is 18.0 Å². The van der Waals surface area contributed by atoms with Gasteiger partial charge in [-0.1, -0.05) is 0 Å². The first kappa shape index (κ1) is 25.6. The van der Waals surface area contributed by atoms with Gasteiger partial charge in [-0.05, 0) is 68.0 Å². The standard InChI is InChI=1S/C29H30N8O3/c1-19-14-32-28-34-23-12-20(15-31-16-23)2-3-21-13-22(33-26(19)35-28)4-5-24(21)40-17-25(38)36-8-10-37(11-9-36)27(39)29(18-30)6-7-29/h4-5,12-16H,2-3,6-11,17H2,1H3,(H2,32,33,34,35). The Labute approximate surface area is 232 Å². The van der Waals surface area contributed by atoms with Crippen LogP contribution < -0.4 is 15.4 Å². The lowest BCUT2D eigenvalue weighted by molar-refractivity contribution is -0.142. The largest absolute Gasteiger partial charge is 0.483 e. The topological polar surface area (TPSA) is 136 Å². The van der Waals surface area contributed by atoms with Crippen LogP contribution in [0.5, 0.6) is 5.75 Å². The third-order valence-electron chi connectivity index (χ3n) is 7.67. The van der Waals surface area contributed by atoms with Crippen LogP contribution >= 0.6 is 0 Å². The van der Waals surface area contributed by atoms with Crippen LogP contribution in [0.25, 0.3) is 0 Å². The number of carbonyl (C=O) groups is 2. The van der Waals surface area contributed by atoms with E-state index in [0.29, 0.717) is 63.0 Å². The van der Waals surface area contributed by atoms with Crippen molar-refractivity contribution in [2.24, 2.45) is 5.41 Å². The summed E-state index contributed by atoms with van der Waals surface area (Å²) in [5.41, 5.74) is 3.76. The van der Waals surface area contributed by atoms with E-state index in [1.165, 1.54) is 0 Å². The maximum Gasteiger partial charge on any atom is 0.260 e. The first-order valence-electron chi connectivity index (χ1n) is 13.5. The molecule has 0 spiro atoms. The highest BCUT2D eigenvalue weighted by molar-refractivity contribution is 5.88. The number of amides is 2. The van der Waals surface area contributed by atoms with E-state index in [0.717, 1.165) is 34.5 Å². The van der Waals surface area contributed by atoms with Gasteiger partial charge in [0.2, 0.25) is 11.9 Å². The second kappa shape index (κ2) is 10.4. The Bertz CT molecular complexity index is 1510. The summed E-state index contributed by atoms with van der Waals surface area (Å²) in [6.07, 6.45) is 8.02. The molecule has 6 rings (SSSR count). The number of fused-ring (bicyclic) bond motifs is 6. The Morgan fingerprint density at radius 1 is 1.02 bits per heavy atom. The number of piperazine rings is 1. The Hall–Kier alpha value is -4.72. The number of hydrogen-bond acceptors (Lipinski definition) is 9. The molecule has 40 heavy (non-hydrogen) atoms. The van der Waals surface area contributed by atoms with Gasteiger partial charge in [-0.15, -0.1) is 0 Å². The zero-order valence-electron chi connectivity index (χ0n) is 22.3. The highest BCUT2D eigenvalue weighted by Crippen LogP contribution is 2.46. The number of benzene rings is 1. The van der Waals surface area contributed by atoms with Crippen LogP contribution in [0.1, 0.15) is 29.5 Å². The van der Waals surface area contributed by atoms with E-state index < -0.39 is 5.41 Å². The Balaban J connectivity index is 1.15. The van der Waals surface area contributed by atoms with Crippen molar-refractivity contribution in [2.45, 2.75) is 32.6 Å². The number of nitrogens with zero attached hydrogens (tertiary/aromatic N) is 6. The lowest BCUT2D eigenvalue weighted by Gasteiger charge is -2.35. The van der Waals surface area contributed by atoms with E-state index >= 15 is 0 Å². The molecule has 4 heterocycles. The maximum atomic E-state index is 13.0. The number of ether oxygens (including phenoxy) is 1. The normalized spacial score (nSPS) is 17.1. The quantitative estimate of drug-likeness (QED) is 0.513. The van der Waals surface area contributed by atoms with Crippen molar-refractivity contribution in [3.05, 3.63) is 59.5 Å². The van der Waals surface area contributed by atoms with Gasteiger partial charge in [0.25, 0.3) is 5.91 Å². The average Bonchev–Trinajstić information content (AvgIpc) is 3.78. The summed E-state index contributed by atoms with van der Waals surface area (Å²) in [4.78, 5) is 42.5. The molecule has 2 fully saturated rings. The number of rotatable bonds is 4. The van der Waals surface area contributed by atoms with Crippen LogP contribution in [0.3, 0.4) is 0 Å². The number of hydrogen-bond donors (Lipinski definition) is 2. The van der Waals surface area contributed by atoms with Gasteiger partial charge in [0, 0.05) is 49.8 Å². The summed E-state index contributed by atoms with van der Waals surface area (Å²) in [6, 6.07) is 10.0. The minimum Gasteiger partial charge on any atom is -0.483 e. The lowest BCUT2D eigenvalue weighted by Crippen LogP contribution is -2.53. The van der Waals surface area contributed by atoms with E-state index in [4.69, 9.17) is 4.74 Å². The molecule has 0 unspecified atom stereocenters. The van der Waals surface area contributed by atoms with Gasteiger partial charge in [-0.3, -0.25) is 14.6 Å². The first-order valence-corrected chi connectivity index (χ1v) is 13.5. The van der Waals surface area contributed by atoms with Crippen LogP contribution in [0, 0.1) is 23.7 Å². The average molecular weight is 539 g/mol. The van der Waals surface area contributed by atoms with Crippen LogP contribution in [-0.4, -0.2) is 69.4 Å². The highest BCUT2D eigenvalue weighted by atomic mass is 16.5. The molecular formula is C29H30N8O3. The third kappa shape index (κ3) is 5.25. The van der Waals surface area contributed by atoms with Gasteiger partial charge in [0.15, 0.2) is 6.61 Å². The van der Waals surface area contributed by atoms with E-state index in [9.17, 15) is 14.9 Å². The van der Waals surface area contributed by atoms with Crippen molar-refractivity contribution in [1.29, 1.82) is 5.26 Å². The van der Waals surface area contributed by atoms with Crippen molar-refractivity contribution in [2.75, 3.05) is 43.4 Å². The monoisotopic (exact) mass is 538 g/mol. The van der Waals surface area contributed by atoms with Crippen LogP contribution in [0.15, 0.2) is 42.9 Å². The predicted octanol–water partition coefficient (Wildman–Crippen LogP) is 3.12. The first-order chi connectivity index (χ1) is 19.4. The van der Waals surface area contributed by atoms with Crippen molar-refractivity contribution in [1.82, 2.24) is 24.8 Å². The van der Waals surface area contributed by atoms with Crippen LogP contribution in [0.2, 0.25) is 0 Å². The lowest BCUT2D eigenvalue weighted by atomic mass is 10.0. The number of aryl methyl sites for hydroxylation is 3. The van der Waals surface area contributed by atoms with Gasteiger partial charge in [-0.25, -0.2) is 4.98 Å². The molecule has 6 bridgehead atoms.